The molecule has 9 heteroatoms. The van der Waals surface area contributed by atoms with Crippen molar-refractivity contribution in [3.63, 3.8) is 0 Å². The number of hydrogen-bond donors (Lipinski definition) is 0. The van der Waals surface area contributed by atoms with Gasteiger partial charge in [-0.15, -0.1) is 5.10 Å². The summed E-state index contributed by atoms with van der Waals surface area (Å²) in [6.07, 6.45) is 5.00. The van der Waals surface area contributed by atoms with Gasteiger partial charge in [0.2, 0.25) is 5.91 Å². The zero-order valence-electron chi connectivity index (χ0n) is 19.4. The highest BCUT2D eigenvalue weighted by Crippen LogP contribution is 2.38. The second-order valence-electron chi connectivity index (χ2n) is 9.69. The van der Waals surface area contributed by atoms with E-state index in [4.69, 9.17) is 0 Å². The summed E-state index contributed by atoms with van der Waals surface area (Å²) in [5, 5.41) is 20.7. The van der Waals surface area contributed by atoms with Gasteiger partial charge in [-0.25, -0.2) is 9.07 Å². The topological polar surface area (TPSA) is 90.9 Å². The van der Waals surface area contributed by atoms with Gasteiger partial charge < -0.3 is 4.90 Å². The Morgan fingerprint density at radius 2 is 1.91 bits per heavy atom. The van der Waals surface area contributed by atoms with Crippen LogP contribution in [0.3, 0.4) is 0 Å². The standard InChI is InChI=1S/C26H26FN7O/c27-25-8-7-21-18(2-4-22(21)24(25)14-28)15-32-9-11-33(12-10-32)26(35)23-5-1-17-13-19(3-6-20(17)23)34-16-29-30-31-34/h3,6-8,13,16,18,23H,1-2,4-5,9-12,15H2. The molecule has 2 heterocycles. The van der Waals surface area contributed by atoms with Gasteiger partial charge in [0.15, 0.2) is 0 Å². The maximum Gasteiger partial charge on any atom is 0.230 e. The summed E-state index contributed by atoms with van der Waals surface area (Å²) in [4.78, 5) is 17.8. The molecule has 2 aliphatic carbocycles. The first-order chi connectivity index (χ1) is 17.1. The molecule has 0 spiro atoms. The number of carbonyl (C=O) groups is 1. The van der Waals surface area contributed by atoms with E-state index in [0.29, 0.717) is 5.92 Å². The van der Waals surface area contributed by atoms with E-state index >= 15 is 0 Å². The molecule has 3 aliphatic rings. The van der Waals surface area contributed by atoms with Gasteiger partial charge in [-0.2, -0.15) is 5.26 Å². The van der Waals surface area contributed by atoms with Crippen LogP contribution in [-0.4, -0.2) is 68.6 Å². The fourth-order valence-corrected chi connectivity index (χ4v) is 6.04. The monoisotopic (exact) mass is 471 g/mol. The van der Waals surface area contributed by atoms with Gasteiger partial charge in [0.05, 0.1) is 17.2 Å². The van der Waals surface area contributed by atoms with E-state index in [-0.39, 0.29) is 17.4 Å². The van der Waals surface area contributed by atoms with Gasteiger partial charge in [0, 0.05) is 32.7 Å². The minimum atomic E-state index is -0.417. The quantitative estimate of drug-likeness (QED) is 0.581. The van der Waals surface area contributed by atoms with Crippen molar-refractivity contribution in [2.75, 3.05) is 32.7 Å². The zero-order chi connectivity index (χ0) is 23.9. The lowest BCUT2D eigenvalue weighted by Crippen LogP contribution is -2.50. The van der Waals surface area contributed by atoms with Crippen molar-refractivity contribution in [3.8, 4) is 11.8 Å². The first kappa shape index (κ1) is 21.9. The molecule has 1 amide bonds. The predicted molar refractivity (Wildman–Crippen MR) is 125 cm³/mol. The normalized spacial score (nSPS) is 21.5. The number of nitriles is 1. The molecule has 0 saturated carbocycles. The van der Waals surface area contributed by atoms with Crippen LogP contribution in [0.5, 0.6) is 0 Å². The van der Waals surface area contributed by atoms with E-state index in [1.165, 1.54) is 11.6 Å². The van der Waals surface area contributed by atoms with Crippen LogP contribution in [-0.2, 0) is 17.6 Å². The molecule has 35 heavy (non-hydrogen) atoms. The van der Waals surface area contributed by atoms with Crippen LogP contribution < -0.4 is 0 Å². The molecule has 1 aromatic heterocycles. The first-order valence-electron chi connectivity index (χ1n) is 12.2. The van der Waals surface area contributed by atoms with Crippen molar-refractivity contribution < 1.29 is 9.18 Å². The number of nitrogens with zero attached hydrogens (tertiary/aromatic N) is 7. The van der Waals surface area contributed by atoms with Crippen molar-refractivity contribution in [3.05, 3.63) is 70.3 Å². The van der Waals surface area contributed by atoms with Crippen molar-refractivity contribution in [2.45, 2.75) is 37.5 Å². The number of halogens is 1. The van der Waals surface area contributed by atoms with E-state index in [2.05, 4.69) is 26.5 Å². The molecule has 1 fully saturated rings. The molecule has 2 atom stereocenters. The van der Waals surface area contributed by atoms with Crippen LogP contribution >= 0.6 is 0 Å². The average molecular weight is 472 g/mol. The number of aromatic nitrogens is 4. The number of benzene rings is 2. The van der Waals surface area contributed by atoms with Gasteiger partial charge in [-0.05, 0) is 82.5 Å². The van der Waals surface area contributed by atoms with Crippen LogP contribution in [0.15, 0.2) is 36.7 Å². The average Bonchev–Trinajstić information content (AvgIpc) is 3.64. The van der Waals surface area contributed by atoms with Crippen molar-refractivity contribution in [2.24, 2.45) is 0 Å². The molecule has 1 aliphatic heterocycles. The summed E-state index contributed by atoms with van der Waals surface area (Å²) < 4.78 is 15.6. The summed E-state index contributed by atoms with van der Waals surface area (Å²) in [6, 6.07) is 11.4. The number of carbonyl (C=O) groups excluding carboxylic acids is 1. The van der Waals surface area contributed by atoms with E-state index in [1.54, 1.807) is 11.0 Å². The SMILES string of the molecule is N#Cc1c(F)ccc2c1CCC2CN1CCN(C(=O)C2CCc3cc(-n4cnnn4)ccc32)CC1. The molecule has 2 unspecified atom stereocenters. The third-order valence-corrected chi connectivity index (χ3v) is 7.87. The van der Waals surface area contributed by atoms with Gasteiger partial charge in [-0.3, -0.25) is 9.69 Å². The Morgan fingerprint density at radius 3 is 2.69 bits per heavy atom. The number of fused-ring (bicyclic) bond motifs is 2. The summed E-state index contributed by atoms with van der Waals surface area (Å²) in [6.45, 7) is 4.00. The van der Waals surface area contributed by atoms with E-state index in [0.717, 1.165) is 80.8 Å². The second-order valence-corrected chi connectivity index (χ2v) is 9.69. The maximum atomic E-state index is 14.0. The van der Waals surface area contributed by atoms with E-state index < -0.39 is 5.82 Å². The van der Waals surface area contributed by atoms with Crippen LogP contribution in [0.2, 0.25) is 0 Å². The zero-order valence-corrected chi connectivity index (χ0v) is 19.4. The minimum absolute atomic E-state index is 0.0829. The summed E-state index contributed by atoms with van der Waals surface area (Å²) >= 11 is 0. The maximum absolute atomic E-state index is 14.0. The Balaban J connectivity index is 1.08. The predicted octanol–water partition coefficient (Wildman–Crippen LogP) is 2.58. The Bertz CT molecular complexity index is 1310. The van der Waals surface area contributed by atoms with Gasteiger partial charge in [0.1, 0.15) is 18.2 Å². The Labute approximate surface area is 202 Å². The van der Waals surface area contributed by atoms with Crippen LogP contribution in [0, 0.1) is 17.1 Å². The van der Waals surface area contributed by atoms with Gasteiger partial charge in [0.25, 0.3) is 0 Å². The lowest BCUT2D eigenvalue weighted by molar-refractivity contribution is -0.134. The van der Waals surface area contributed by atoms with Crippen molar-refractivity contribution >= 4 is 5.91 Å². The Morgan fingerprint density at radius 1 is 1.09 bits per heavy atom. The fourth-order valence-electron chi connectivity index (χ4n) is 6.04. The molecule has 8 nitrogen and oxygen atoms in total. The number of amides is 1. The number of tetrazole rings is 1. The summed E-state index contributed by atoms with van der Waals surface area (Å²) in [5.41, 5.74) is 5.44. The highest BCUT2D eigenvalue weighted by atomic mass is 19.1. The number of rotatable bonds is 4. The largest absolute Gasteiger partial charge is 0.340 e. The number of hydrogen-bond acceptors (Lipinski definition) is 6. The molecule has 2 aromatic carbocycles. The minimum Gasteiger partial charge on any atom is -0.340 e. The lowest BCUT2D eigenvalue weighted by Gasteiger charge is -2.37. The smallest absolute Gasteiger partial charge is 0.230 e. The van der Waals surface area contributed by atoms with Gasteiger partial charge >= 0.3 is 0 Å². The third-order valence-electron chi connectivity index (χ3n) is 7.87. The highest BCUT2D eigenvalue weighted by Gasteiger charge is 2.34. The van der Waals surface area contributed by atoms with Crippen LogP contribution in [0.1, 0.15) is 52.5 Å². The molecular weight excluding hydrogens is 445 g/mol. The van der Waals surface area contributed by atoms with Gasteiger partial charge in [-0.1, -0.05) is 12.1 Å². The molecule has 6 rings (SSSR count). The highest BCUT2D eigenvalue weighted by molar-refractivity contribution is 5.85. The molecule has 3 aromatic rings. The second kappa shape index (κ2) is 8.86. The van der Waals surface area contributed by atoms with Crippen LogP contribution in [0.25, 0.3) is 5.69 Å². The molecule has 0 bridgehead atoms. The molecule has 0 N–H and O–H groups in total. The lowest BCUT2D eigenvalue weighted by atomic mass is 9.97. The third kappa shape index (κ3) is 3.88. The fraction of sp³-hybridized carbons (Fsp3) is 0.423. The van der Waals surface area contributed by atoms with Crippen molar-refractivity contribution in [1.29, 1.82) is 5.26 Å². The van der Waals surface area contributed by atoms with Crippen LogP contribution in [0.4, 0.5) is 4.39 Å². The Hall–Kier alpha value is -3.64. The molecule has 0 radical (unpaired) electrons. The first-order valence-corrected chi connectivity index (χ1v) is 12.2. The number of piperazine rings is 1. The van der Waals surface area contributed by atoms with E-state index in [9.17, 15) is 14.4 Å². The Kier molecular flexibility index (Phi) is 5.53. The summed E-state index contributed by atoms with van der Waals surface area (Å²) in [5.74, 6) is 0.0367. The summed E-state index contributed by atoms with van der Waals surface area (Å²) in [7, 11) is 0. The van der Waals surface area contributed by atoms with E-state index in [1.807, 2.05) is 29.2 Å². The van der Waals surface area contributed by atoms with Crippen molar-refractivity contribution in [1.82, 2.24) is 30.0 Å². The number of aryl methyl sites for hydroxylation is 1. The molecular formula is C26H26FN7O. The molecule has 178 valence electrons. The molecule has 1 saturated heterocycles.